The van der Waals surface area contributed by atoms with Crippen molar-refractivity contribution in [2.45, 2.75) is 0 Å². The van der Waals surface area contributed by atoms with Gasteiger partial charge in [-0.2, -0.15) is 0 Å². The molecule has 1 aromatic rings. The van der Waals surface area contributed by atoms with Crippen molar-refractivity contribution in [3.63, 3.8) is 0 Å². The van der Waals surface area contributed by atoms with Crippen LogP contribution in [0.25, 0.3) is 0 Å². The van der Waals surface area contributed by atoms with Crippen LogP contribution in [0.15, 0.2) is 17.1 Å². The molecule has 12 heavy (non-hydrogen) atoms. The lowest BCUT2D eigenvalue weighted by atomic mass is 10.5. The zero-order chi connectivity index (χ0) is 8.39. The van der Waals surface area contributed by atoms with Crippen LogP contribution >= 0.6 is 0 Å². The van der Waals surface area contributed by atoms with Gasteiger partial charge < -0.3 is 4.74 Å². The number of aromatic nitrogens is 2. The number of hydrogen-bond donors (Lipinski definition) is 1. The Hall–Kier alpha value is -1.23. The highest BCUT2D eigenvalue weighted by Crippen LogP contribution is 1.93. The molecule has 0 unspecified atom stereocenters. The molecular weight excluding hydrogens is 158 g/mol. The van der Waals surface area contributed by atoms with E-state index >= 15 is 0 Å². The second-order valence-corrected chi connectivity index (χ2v) is 2.70. The van der Waals surface area contributed by atoms with Gasteiger partial charge in [-0.05, 0) is 0 Å². The minimum Gasteiger partial charge on any atom is -0.378 e. The Morgan fingerprint density at radius 1 is 1.42 bits per heavy atom. The molecule has 2 rings (SSSR count). The molecule has 5 nitrogen and oxygen atoms in total. The van der Waals surface area contributed by atoms with E-state index in [-0.39, 0.29) is 5.56 Å². The molecule has 0 saturated carbocycles. The van der Waals surface area contributed by atoms with Crippen LogP contribution in [-0.2, 0) is 4.74 Å². The van der Waals surface area contributed by atoms with Crippen molar-refractivity contribution in [2.24, 2.45) is 0 Å². The van der Waals surface area contributed by atoms with Crippen LogP contribution in [0.2, 0.25) is 0 Å². The lowest BCUT2D eigenvalue weighted by Gasteiger charge is -2.28. The van der Waals surface area contributed by atoms with Gasteiger partial charge in [-0.1, -0.05) is 0 Å². The quantitative estimate of drug-likeness (QED) is 0.595. The van der Waals surface area contributed by atoms with Gasteiger partial charge in [0.25, 0.3) is 5.56 Å². The highest BCUT2D eigenvalue weighted by atomic mass is 16.5. The van der Waals surface area contributed by atoms with Crippen molar-refractivity contribution in [3.8, 4) is 0 Å². The highest BCUT2D eigenvalue weighted by molar-refractivity contribution is 4.90. The van der Waals surface area contributed by atoms with Crippen LogP contribution in [0.1, 0.15) is 0 Å². The number of morpholine rings is 1. The fourth-order valence-corrected chi connectivity index (χ4v) is 1.26. The SMILES string of the molecule is O=c1ccn(N2CCOCC2)[nH]1. The summed E-state index contributed by atoms with van der Waals surface area (Å²) < 4.78 is 5.18. The molecule has 1 N–H and O–H groups in total. The van der Waals surface area contributed by atoms with Gasteiger partial charge in [-0.25, -0.2) is 9.89 Å². The monoisotopic (exact) mass is 169 g/mol. The van der Waals surface area contributed by atoms with Gasteiger partial charge in [0, 0.05) is 6.07 Å². The van der Waals surface area contributed by atoms with Crippen molar-refractivity contribution >= 4 is 0 Å². The third-order valence-electron chi connectivity index (χ3n) is 1.88. The summed E-state index contributed by atoms with van der Waals surface area (Å²) >= 11 is 0. The second-order valence-electron chi connectivity index (χ2n) is 2.70. The number of ether oxygens (including phenoxy) is 1. The Morgan fingerprint density at radius 3 is 2.75 bits per heavy atom. The van der Waals surface area contributed by atoms with Gasteiger partial charge in [0.05, 0.1) is 32.5 Å². The first-order valence-electron chi connectivity index (χ1n) is 3.97. The van der Waals surface area contributed by atoms with Crippen LogP contribution in [0.5, 0.6) is 0 Å². The Balaban J connectivity index is 2.13. The van der Waals surface area contributed by atoms with E-state index < -0.39 is 0 Å². The Labute approximate surface area is 69.5 Å². The van der Waals surface area contributed by atoms with Crippen LogP contribution in [-0.4, -0.2) is 36.2 Å². The van der Waals surface area contributed by atoms with E-state index in [1.165, 1.54) is 6.07 Å². The number of nitrogens with zero attached hydrogens (tertiary/aromatic N) is 2. The molecule has 0 aliphatic carbocycles. The first-order valence-corrected chi connectivity index (χ1v) is 3.97. The zero-order valence-electron chi connectivity index (χ0n) is 6.69. The number of hydrogen-bond acceptors (Lipinski definition) is 3. The Bertz CT molecular complexity index is 298. The van der Waals surface area contributed by atoms with Gasteiger partial charge in [0.2, 0.25) is 0 Å². The molecule has 1 aromatic heterocycles. The van der Waals surface area contributed by atoms with E-state index in [1.807, 2.05) is 5.01 Å². The van der Waals surface area contributed by atoms with Gasteiger partial charge >= 0.3 is 0 Å². The molecule has 0 aromatic carbocycles. The third kappa shape index (κ3) is 1.35. The maximum absolute atomic E-state index is 10.8. The molecule has 1 saturated heterocycles. The van der Waals surface area contributed by atoms with Crippen LogP contribution in [0.4, 0.5) is 0 Å². The number of nitrogens with one attached hydrogen (secondary N) is 1. The maximum Gasteiger partial charge on any atom is 0.265 e. The largest absolute Gasteiger partial charge is 0.378 e. The summed E-state index contributed by atoms with van der Waals surface area (Å²) in [6, 6.07) is 1.51. The second kappa shape index (κ2) is 3.02. The fraction of sp³-hybridized carbons (Fsp3) is 0.571. The third-order valence-corrected chi connectivity index (χ3v) is 1.88. The molecule has 5 heteroatoms. The highest BCUT2D eigenvalue weighted by Gasteiger charge is 2.09. The van der Waals surface area contributed by atoms with E-state index in [0.717, 1.165) is 26.3 Å². The van der Waals surface area contributed by atoms with Gasteiger partial charge in [0.15, 0.2) is 0 Å². The smallest absolute Gasteiger partial charge is 0.265 e. The molecule has 0 spiro atoms. The topological polar surface area (TPSA) is 50.3 Å². The molecule has 1 aliphatic rings. The molecule has 0 atom stereocenters. The minimum atomic E-state index is -0.0681. The van der Waals surface area contributed by atoms with Gasteiger partial charge in [0.1, 0.15) is 0 Å². The molecule has 0 amide bonds. The summed E-state index contributed by atoms with van der Waals surface area (Å²) in [6.07, 6.45) is 1.73. The molecule has 2 heterocycles. The lowest BCUT2D eigenvalue weighted by molar-refractivity contribution is 0.109. The van der Waals surface area contributed by atoms with E-state index in [1.54, 1.807) is 11.0 Å². The first-order chi connectivity index (χ1) is 5.86. The van der Waals surface area contributed by atoms with Crippen molar-refractivity contribution in [3.05, 3.63) is 22.6 Å². The summed E-state index contributed by atoms with van der Waals surface area (Å²) in [6.45, 7) is 3.09. The predicted molar refractivity (Wildman–Crippen MR) is 43.8 cm³/mol. The minimum absolute atomic E-state index is 0.0681. The van der Waals surface area contributed by atoms with Crippen molar-refractivity contribution in [2.75, 3.05) is 31.3 Å². The van der Waals surface area contributed by atoms with Crippen molar-refractivity contribution in [1.29, 1.82) is 0 Å². The Morgan fingerprint density at radius 2 is 2.17 bits per heavy atom. The Kier molecular flexibility index (Phi) is 1.87. The molecule has 0 bridgehead atoms. The summed E-state index contributed by atoms with van der Waals surface area (Å²) in [4.78, 5) is 12.5. The fourth-order valence-electron chi connectivity index (χ4n) is 1.26. The van der Waals surface area contributed by atoms with E-state index in [2.05, 4.69) is 5.10 Å². The van der Waals surface area contributed by atoms with Crippen molar-refractivity contribution in [1.82, 2.24) is 9.89 Å². The summed E-state index contributed by atoms with van der Waals surface area (Å²) in [5, 5.41) is 4.71. The lowest BCUT2D eigenvalue weighted by Crippen LogP contribution is -2.44. The number of aromatic amines is 1. The normalized spacial score (nSPS) is 18.2. The summed E-state index contributed by atoms with van der Waals surface area (Å²) in [5.74, 6) is 0. The standard InChI is InChI=1S/C7H11N3O2/c11-7-1-2-10(8-7)9-3-5-12-6-4-9/h1-2H,3-6H2,(H,8,11). The van der Waals surface area contributed by atoms with Crippen LogP contribution < -0.4 is 10.6 Å². The van der Waals surface area contributed by atoms with Crippen LogP contribution in [0.3, 0.4) is 0 Å². The number of H-pyrrole nitrogens is 1. The van der Waals surface area contributed by atoms with Crippen molar-refractivity contribution < 1.29 is 4.74 Å². The predicted octanol–water partition coefficient (Wildman–Crippen LogP) is -0.855. The molecule has 1 fully saturated rings. The molecular formula is C7H11N3O2. The first kappa shape index (κ1) is 7.42. The molecule has 66 valence electrons. The van der Waals surface area contributed by atoms with Gasteiger partial charge in [-0.15, -0.1) is 0 Å². The average Bonchev–Trinajstić information content (AvgIpc) is 2.54. The van der Waals surface area contributed by atoms with Crippen LogP contribution in [0, 0.1) is 0 Å². The summed E-state index contributed by atoms with van der Waals surface area (Å²) in [5.41, 5.74) is -0.0681. The molecule has 0 radical (unpaired) electrons. The summed E-state index contributed by atoms with van der Waals surface area (Å²) in [7, 11) is 0. The molecule has 1 aliphatic heterocycles. The maximum atomic E-state index is 10.8. The number of rotatable bonds is 1. The van der Waals surface area contributed by atoms with E-state index in [0.29, 0.717) is 0 Å². The zero-order valence-corrected chi connectivity index (χ0v) is 6.69. The van der Waals surface area contributed by atoms with E-state index in [4.69, 9.17) is 4.74 Å². The van der Waals surface area contributed by atoms with Gasteiger partial charge in [-0.3, -0.25) is 9.80 Å². The average molecular weight is 169 g/mol. The van der Waals surface area contributed by atoms with E-state index in [9.17, 15) is 4.79 Å².